The molecule has 4 nitrogen and oxygen atoms in total. The van der Waals surface area contributed by atoms with Gasteiger partial charge in [-0.3, -0.25) is 0 Å². The lowest BCUT2D eigenvalue weighted by molar-refractivity contribution is 0.573. The van der Waals surface area contributed by atoms with Crippen LogP contribution in [0.25, 0.3) is 0 Å². The van der Waals surface area contributed by atoms with Crippen molar-refractivity contribution in [2.24, 2.45) is 0 Å². The van der Waals surface area contributed by atoms with E-state index in [0.717, 1.165) is 35.7 Å². The van der Waals surface area contributed by atoms with Crippen molar-refractivity contribution in [1.82, 2.24) is 9.97 Å². The van der Waals surface area contributed by atoms with Gasteiger partial charge in [-0.15, -0.1) is 0 Å². The van der Waals surface area contributed by atoms with Crippen molar-refractivity contribution < 1.29 is 0 Å². The summed E-state index contributed by atoms with van der Waals surface area (Å²) in [4.78, 5) is 11.1. The molecule has 1 aromatic heterocycles. The number of rotatable bonds is 4. The molecule has 21 heavy (non-hydrogen) atoms. The third-order valence-corrected chi connectivity index (χ3v) is 4.25. The fourth-order valence-electron chi connectivity index (χ4n) is 2.53. The van der Waals surface area contributed by atoms with Crippen LogP contribution in [-0.2, 0) is 6.54 Å². The highest BCUT2D eigenvalue weighted by atomic mass is 79.9. The van der Waals surface area contributed by atoms with Crippen LogP contribution in [0.15, 0.2) is 41.1 Å². The van der Waals surface area contributed by atoms with Gasteiger partial charge in [0.1, 0.15) is 18.0 Å². The Labute approximate surface area is 133 Å². The lowest BCUT2D eigenvalue weighted by Gasteiger charge is -2.27. The quantitative estimate of drug-likeness (QED) is 0.912. The molecule has 0 bridgehead atoms. The summed E-state index contributed by atoms with van der Waals surface area (Å²) in [7, 11) is 0. The van der Waals surface area contributed by atoms with Crippen LogP contribution in [-0.4, -0.2) is 23.1 Å². The van der Waals surface area contributed by atoms with Gasteiger partial charge in [0.05, 0.1) is 0 Å². The maximum Gasteiger partial charge on any atom is 0.134 e. The zero-order valence-electron chi connectivity index (χ0n) is 11.9. The average Bonchev–Trinajstić information content (AvgIpc) is 2.55. The van der Waals surface area contributed by atoms with Crippen LogP contribution in [0, 0.1) is 0 Å². The molecule has 1 N–H and O–H groups in total. The molecule has 1 saturated heterocycles. The molecule has 110 valence electrons. The van der Waals surface area contributed by atoms with Crippen molar-refractivity contribution >= 4 is 27.6 Å². The molecule has 0 atom stereocenters. The molecule has 0 radical (unpaired) electrons. The Balaban J connectivity index is 1.64. The van der Waals surface area contributed by atoms with Gasteiger partial charge in [-0.25, -0.2) is 9.97 Å². The highest BCUT2D eigenvalue weighted by molar-refractivity contribution is 9.10. The summed E-state index contributed by atoms with van der Waals surface area (Å²) in [5.74, 6) is 1.91. The van der Waals surface area contributed by atoms with Crippen LogP contribution in [0.2, 0.25) is 0 Å². The molecule has 0 unspecified atom stereocenters. The minimum Gasteiger partial charge on any atom is -0.366 e. The Morgan fingerprint density at radius 3 is 2.57 bits per heavy atom. The Kier molecular flexibility index (Phi) is 4.70. The Bertz CT molecular complexity index is 579. The van der Waals surface area contributed by atoms with E-state index in [0.29, 0.717) is 0 Å². The van der Waals surface area contributed by atoms with Gasteiger partial charge in [0.25, 0.3) is 0 Å². The molecular weight excluding hydrogens is 328 g/mol. The van der Waals surface area contributed by atoms with Crippen LogP contribution in [0.5, 0.6) is 0 Å². The summed E-state index contributed by atoms with van der Waals surface area (Å²) in [5.41, 5.74) is 1.23. The fraction of sp³-hybridized carbons (Fsp3) is 0.375. The molecule has 2 heterocycles. The van der Waals surface area contributed by atoms with E-state index in [1.165, 1.54) is 24.8 Å². The lowest BCUT2D eigenvalue weighted by Crippen LogP contribution is -2.30. The number of nitrogens with zero attached hydrogens (tertiary/aromatic N) is 3. The number of anilines is 2. The van der Waals surface area contributed by atoms with E-state index < -0.39 is 0 Å². The summed E-state index contributed by atoms with van der Waals surface area (Å²) in [6.07, 6.45) is 5.49. The van der Waals surface area contributed by atoms with E-state index in [-0.39, 0.29) is 0 Å². The summed E-state index contributed by atoms with van der Waals surface area (Å²) in [6, 6.07) is 10.4. The second-order valence-corrected chi connectivity index (χ2v) is 6.20. The molecule has 1 aliphatic heterocycles. The SMILES string of the molecule is Brc1ccc(CNc2cc(N3CCCCC3)ncn2)cc1. The lowest BCUT2D eigenvalue weighted by atomic mass is 10.1. The van der Waals surface area contributed by atoms with Crippen LogP contribution >= 0.6 is 15.9 Å². The van der Waals surface area contributed by atoms with Crippen LogP contribution in [0.4, 0.5) is 11.6 Å². The Hall–Kier alpha value is -1.62. The second kappa shape index (κ2) is 6.89. The van der Waals surface area contributed by atoms with Gasteiger partial charge in [-0.1, -0.05) is 28.1 Å². The molecule has 1 aliphatic rings. The molecule has 2 aromatic rings. The van der Waals surface area contributed by atoms with Crippen LogP contribution < -0.4 is 10.2 Å². The van der Waals surface area contributed by atoms with Gasteiger partial charge in [-0.05, 0) is 37.0 Å². The van der Waals surface area contributed by atoms with E-state index in [4.69, 9.17) is 0 Å². The third kappa shape index (κ3) is 3.94. The number of halogens is 1. The average molecular weight is 347 g/mol. The van der Waals surface area contributed by atoms with Gasteiger partial charge in [0, 0.05) is 30.2 Å². The number of nitrogens with one attached hydrogen (secondary N) is 1. The van der Waals surface area contributed by atoms with Gasteiger partial charge >= 0.3 is 0 Å². The van der Waals surface area contributed by atoms with Crippen LogP contribution in [0.3, 0.4) is 0 Å². The molecule has 3 rings (SSSR count). The summed E-state index contributed by atoms with van der Waals surface area (Å²) < 4.78 is 1.10. The number of hydrogen-bond acceptors (Lipinski definition) is 4. The first-order valence-corrected chi connectivity index (χ1v) is 8.16. The van der Waals surface area contributed by atoms with E-state index >= 15 is 0 Å². The van der Waals surface area contributed by atoms with E-state index in [2.05, 4.69) is 60.4 Å². The minimum atomic E-state index is 0.768. The van der Waals surface area contributed by atoms with Crippen molar-refractivity contribution in [2.45, 2.75) is 25.8 Å². The summed E-state index contributed by atoms with van der Waals surface area (Å²) >= 11 is 3.45. The van der Waals surface area contributed by atoms with Crippen molar-refractivity contribution in [2.75, 3.05) is 23.3 Å². The molecule has 0 saturated carbocycles. The predicted octanol–water partition coefficient (Wildman–Crippen LogP) is 3.84. The molecule has 1 aromatic carbocycles. The Morgan fingerprint density at radius 1 is 1.05 bits per heavy atom. The van der Waals surface area contributed by atoms with Crippen molar-refractivity contribution in [1.29, 1.82) is 0 Å². The first kappa shape index (κ1) is 14.3. The number of piperidine rings is 1. The van der Waals surface area contributed by atoms with Gasteiger partial charge < -0.3 is 10.2 Å². The molecular formula is C16H19BrN4. The molecule has 5 heteroatoms. The summed E-state index contributed by atoms with van der Waals surface area (Å²) in [6.45, 7) is 2.97. The largest absolute Gasteiger partial charge is 0.366 e. The van der Waals surface area contributed by atoms with E-state index in [1.807, 2.05) is 6.07 Å². The fourth-order valence-corrected chi connectivity index (χ4v) is 2.80. The smallest absolute Gasteiger partial charge is 0.134 e. The standard InChI is InChI=1S/C16H19BrN4/c17-14-6-4-13(5-7-14)11-18-15-10-16(20-12-19-15)21-8-2-1-3-9-21/h4-7,10,12H,1-3,8-9,11H2,(H,18,19,20). The van der Waals surface area contributed by atoms with E-state index in [1.54, 1.807) is 6.33 Å². The molecule has 0 amide bonds. The van der Waals surface area contributed by atoms with Gasteiger partial charge in [0.15, 0.2) is 0 Å². The zero-order chi connectivity index (χ0) is 14.5. The number of benzene rings is 1. The monoisotopic (exact) mass is 346 g/mol. The molecule has 0 spiro atoms. The zero-order valence-corrected chi connectivity index (χ0v) is 13.5. The first-order chi connectivity index (χ1) is 10.3. The van der Waals surface area contributed by atoms with E-state index in [9.17, 15) is 0 Å². The van der Waals surface area contributed by atoms with Gasteiger partial charge in [-0.2, -0.15) is 0 Å². The maximum absolute atomic E-state index is 4.40. The highest BCUT2D eigenvalue weighted by Gasteiger charge is 2.12. The number of aromatic nitrogens is 2. The van der Waals surface area contributed by atoms with Crippen molar-refractivity contribution in [3.8, 4) is 0 Å². The number of hydrogen-bond donors (Lipinski definition) is 1. The van der Waals surface area contributed by atoms with Gasteiger partial charge in [0.2, 0.25) is 0 Å². The Morgan fingerprint density at radius 2 is 1.81 bits per heavy atom. The third-order valence-electron chi connectivity index (χ3n) is 3.72. The van der Waals surface area contributed by atoms with Crippen LogP contribution in [0.1, 0.15) is 24.8 Å². The topological polar surface area (TPSA) is 41.0 Å². The highest BCUT2D eigenvalue weighted by Crippen LogP contribution is 2.19. The minimum absolute atomic E-state index is 0.768. The van der Waals surface area contributed by atoms with Crippen molar-refractivity contribution in [3.63, 3.8) is 0 Å². The molecule has 0 aliphatic carbocycles. The molecule has 1 fully saturated rings. The first-order valence-electron chi connectivity index (χ1n) is 7.36. The normalized spacial score (nSPS) is 15.0. The second-order valence-electron chi connectivity index (χ2n) is 5.29. The summed E-state index contributed by atoms with van der Waals surface area (Å²) in [5, 5.41) is 3.37. The predicted molar refractivity (Wildman–Crippen MR) is 89.6 cm³/mol. The maximum atomic E-state index is 4.40. The van der Waals surface area contributed by atoms with Crippen molar-refractivity contribution in [3.05, 3.63) is 46.7 Å².